The van der Waals surface area contributed by atoms with Crippen LogP contribution in [0.3, 0.4) is 0 Å². The summed E-state index contributed by atoms with van der Waals surface area (Å²) in [6.07, 6.45) is 0. The summed E-state index contributed by atoms with van der Waals surface area (Å²) in [6.45, 7) is 2.12. The Morgan fingerprint density at radius 3 is 2.59 bits per heavy atom. The van der Waals surface area contributed by atoms with Gasteiger partial charge in [0.1, 0.15) is 11.5 Å². The van der Waals surface area contributed by atoms with Gasteiger partial charge in [-0.05, 0) is 55.5 Å². The van der Waals surface area contributed by atoms with Gasteiger partial charge >= 0.3 is 5.97 Å². The van der Waals surface area contributed by atoms with Crippen molar-refractivity contribution in [3.63, 3.8) is 0 Å². The van der Waals surface area contributed by atoms with Crippen molar-refractivity contribution in [2.75, 3.05) is 6.61 Å². The fourth-order valence-corrected chi connectivity index (χ4v) is 3.00. The van der Waals surface area contributed by atoms with E-state index in [1.54, 1.807) is 36.9 Å². The Kier molecular flexibility index (Phi) is 4.15. The van der Waals surface area contributed by atoms with Crippen LogP contribution in [-0.2, 0) is 4.74 Å². The summed E-state index contributed by atoms with van der Waals surface area (Å²) in [5.41, 5.74) is 1.33. The summed E-state index contributed by atoms with van der Waals surface area (Å²) >= 11 is 1.54. The molecule has 22 heavy (non-hydrogen) atoms. The van der Waals surface area contributed by atoms with Gasteiger partial charge < -0.3 is 9.72 Å². The van der Waals surface area contributed by atoms with E-state index in [1.165, 1.54) is 12.1 Å². The number of H-pyrrole nitrogens is 1. The highest BCUT2D eigenvalue weighted by Crippen LogP contribution is 2.30. The van der Waals surface area contributed by atoms with Gasteiger partial charge in [-0.2, -0.15) is 0 Å². The SMILES string of the molecule is CCOC(=O)c1cc2cc(Sc3ccc(F)cc3)ccc2[nH]1. The maximum Gasteiger partial charge on any atom is 0.354 e. The Morgan fingerprint density at radius 1 is 1.14 bits per heavy atom. The molecule has 5 heteroatoms. The summed E-state index contributed by atoms with van der Waals surface area (Å²) in [5.74, 6) is -0.601. The molecule has 0 aliphatic rings. The highest BCUT2D eigenvalue weighted by atomic mass is 32.2. The van der Waals surface area contributed by atoms with Gasteiger partial charge in [-0.1, -0.05) is 11.8 Å². The minimum absolute atomic E-state index is 0.246. The molecule has 0 saturated carbocycles. The van der Waals surface area contributed by atoms with Gasteiger partial charge in [-0.15, -0.1) is 0 Å². The molecule has 0 aliphatic heterocycles. The number of hydrogen-bond donors (Lipinski definition) is 1. The minimum atomic E-state index is -0.355. The molecule has 0 spiro atoms. The molecule has 0 radical (unpaired) electrons. The number of carbonyl (C=O) groups is 1. The number of nitrogens with one attached hydrogen (secondary N) is 1. The lowest BCUT2D eigenvalue weighted by Gasteiger charge is -2.01. The third-order valence-electron chi connectivity index (χ3n) is 3.14. The van der Waals surface area contributed by atoms with Crippen molar-refractivity contribution in [1.82, 2.24) is 4.98 Å². The van der Waals surface area contributed by atoms with E-state index < -0.39 is 0 Å². The lowest BCUT2D eigenvalue weighted by atomic mass is 10.2. The van der Waals surface area contributed by atoms with E-state index in [-0.39, 0.29) is 11.8 Å². The van der Waals surface area contributed by atoms with E-state index in [4.69, 9.17) is 4.74 Å². The summed E-state index contributed by atoms with van der Waals surface area (Å²) < 4.78 is 17.9. The topological polar surface area (TPSA) is 42.1 Å². The average Bonchev–Trinajstić information content (AvgIpc) is 2.93. The van der Waals surface area contributed by atoms with Crippen LogP contribution in [0.1, 0.15) is 17.4 Å². The molecule has 0 amide bonds. The number of esters is 1. The first-order valence-corrected chi connectivity index (χ1v) is 7.70. The minimum Gasteiger partial charge on any atom is -0.461 e. The van der Waals surface area contributed by atoms with E-state index in [0.29, 0.717) is 12.3 Å². The first-order valence-electron chi connectivity index (χ1n) is 6.89. The number of aromatic nitrogens is 1. The summed E-state index contributed by atoms with van der Waals surface area (Å²) in [4.78, 5) is 16.8. The Bertz CT molecular complexity index is 811. The largest absolute Gasteiger partial charge is 0.461 e. The number of aromatic amines is 1. The van der Waals surface area contributed by atoms with Crippen LogP contribution in [-0.4, -0.2) is 17.6 Å². The molecule has 3 nitrogen and oxygen atoms in total. The summed E-state index contributed by atoms with van der Waals surface area (Å²) in [5, 5.41) is 0.940. The van der Waals surface area contributed by atoms with E-state index >= 15 is 0 Å². The zero-order valence-corrected chi connectivity index (χ0v) is 12.7. The quantitative estimate of drug-likeness (QED) is 0.713. The average molecular weight is 315 g/mol. The van der Waals surface area contributed by atoms with Crippen molar-refractivity contribution in [3.8, 4) is 0 Å². The zero-order valence-electron chi connectivity index (χ0n) is 11.9. The second-order valence-electron chi connectivity index (χ2n) is 4.71. The lowest BCUT2D eigenvalue weighted by molar-refractivity contribution is 0.0520. The number of ether oxygens (including phenoxy) is 1. The van der Waals surface area contributed by atoms with Crippen molar-refractivity contribution < 1.29 is 13.9 Å². The van der Waals surface area contributed by atoms with Gasteiger partial charge in [-0.3, -0.25) is 0 Å². The number of hydrogen-bond acceptors (Lipinski definition) is 3. The molecular formula is C17H14FNO2S. The van der Waals surface area contributed by atoms with Crippen LogP contribution in [0.25, 0.3) is 10.9 Å². The molecule has 0 unspecified atom stereocenters. The number of halogens is 1. The molecule has 112 valence electrons. The highest BCUT2D eigenvalue weighted by molar-refractivity contribution is 7.99. The van der Waals surface area contributed by atoms with Crippen LogP contribution in [0.2, 0.25) is 0 Å². The molecule has 1 heterocycles. The number of fused-ring (bicyclic) bond motifs is 1. The van der Waals surface area contributed by atoms with Gasteiger partial charge in [0.15, 0.2) is 0 Å². The van der Waals surface area contributed by atoms with Crippen molar-refractivity contribution in [2.24, 2.45) is 0 Å². The van der Waals surface area contributed by atoms with Gasteiger partial charge in [0, 0.05) is 20.7 Å². The molecule has 0 aliphatic carbocycles. The van der Waals surface area contributed by atoms with Crippen LogP contribution >= 0.6 is 11.8 Å². The van der Waals surface area contributed by atoms with Crippen molar-refractivity contribution >= 4 is 28.6 Å². The van der Waals surface area contributed by atoms with Gasteiger partial charge in [0.2, 0.25) is 0 Å². The molecule has 0 bridgehead atoms. The smallest absolute Gasteiger partial charge is 0.354 e. The Morgan fingerprint density at radius 2 is 1.86 bits per heavy atom. The standard InChI is InChI=1S/C17H14FNO2S/c1-2-21-17(20)16-10-11-9-14(7-8-15(11)19-16)22-13-5-3-12(18)4-6-13/h3-10,19H,2H2,1H3. The molecule has 1 aromatic heterocycles. The van der Waals surface area contributed by atoms with Crippen molar-refractivity contribution in [2.45, 2.75) is 16.7 Å². The summed E-state index contributed by atoms with van der Waals surface area (Å²) in [6, 6.07) is 14.0. The Labute approximate surface area is 131 Å². The molecule has 3 aromatic rings. The normalized spacial score (nSPS) is 10.8. The zero-order chi connectivity index (χ0) is 15.5. The number of benzene rings is 2. The highest BCUT2D eigenvalue weighted by Gasteiger charge is 2.10. The van der Waals surface area contributed by atoms with Gasteiger partial charge in [0.25, 0.3) is 0 Å². The van der Waals surface area contributed by atoms with Crippen LogP contribution in [0.15, 0.2) is 58.3 Å². The van der Waals surface area contributed by atoms with E-state index in [9.17, 15) is 9.18 Å². The second-order valence-corrected chi connectivity index (χ2v) is 5.86. The molecule has 2 aromatic carbocycles. The number of rotatable bonds is 4. The monoisotopic (exact) mass is 315 g/mol. The van der Waals surface area contributed by atoms with E-state index in [1.807, 2.05) is 18.2 Å². The molecular weight excluding hydrogens is 301 g/mol. The first-order chi connectivity index (χ1) is 10.7. The lowest BCUT2D eigenvalue weighted by Crippen LogP contribution is -2.04. The van der Waals surface area contributed by atoms with E-state index in [2.05, 4.69) is 4.98 Å². The number of carbonyl (C=O) groups excluding carboxylic acids is 1. The third-order valence-corrected chi connectivity index (χ3v) is 4.13. The van der Waals surface area contributed by atoms with Crippen LogP contribution in [0.4, 0.5) is 4.39 Å². The summed E-state index contributed by atoms with van der Waals surface area (Å²) in [7, 11) is 0. The van der Waals surface area contributed by atoms with E-state index in [0.717, 1.165) is 20.7 Å². The van der Waals surface area contributed by atoms with Crippen molar-refractivity contribution in [3.05, 3.63) is 60.0 Å². The van der Waals surface area contributed by atoms with Gasteiger partial charge in [-0.25, -0.2) is 9.18 Å². The van der Waals surface area contributed by atoms with Crippen molar-refractivity contribution in [1.29, 1.82) is 0 Å². The van der Waals surface area contributed by atoms with Crippen LogP contribution in [0, 0.1) is 5.82 Å². The van der Waals surface area contributed by atoms with Crippen LogP contribution < -0.4 is 0 Å². The molecule has 0 fully saturated rings. The third kappa shape index (κ3) is 3.14. The fraction of sp³-hybridized carbons (Fsp3) is 0.118. The molecule has 1 N–H and O–H groups in total. The molecule has 0 atom stereocenters. The maximum atomic E-state index is 12.9. The fourth-order valence-electron chi connectivity index (χ4n) is 2.13. The first kappa shape index (κ1) is 14.7. The predicted molar refractivity (Wildman–Crippen MR) is 84.8 cm³/mol. The van der Waals surface area contributed by atoms with Crippen LogP contribution in [0.5, 0.6) is 0 Å². The van der Waals surface area contributed by atoms with Gasteiger partial charge in [0.05, 0.1) is 6.61 Å². The Hall–Kier alpha value is -2.27. The molecule has 3 rings (SSSR count). The Balaban J connectivity index is 1.86. The predicted octanol–water partition coefficient (Wildman–Crippen LogP) is 4.63. The molecule has 0 saturated heterocycles. The maximum absolute atomic E-state index is 12.9. The second kappa shape index (κ2) is 6.23.